The lowest BCUT2D eigenvalue weighted by Gasteiger charge is -2.28. The van der Waals surface area contributed by atoms with Crippen molar-refractivity contribution in [2.45, 2.75) is 31.5 Å². The van der Waals surface area contributed by atoms with Crippen molar-refractivity contribution in [1.29, 1.82) is 0 Å². The fourth-order valence-corrected chi connectivity index (χ4v) is 5.22. The monoisotopic (exact) mass is 509 g/mol. The molecular weight excluding hydrogens is 478 g/mol. The molecule has 10 nitrogen and oxygen atoms in total. The molecule has 2 amide bonds. The number of anilines is 2. The highest BCUT2D eigenvalue weighted by Crippen LogP contribution is 2.28. The van der Waals surface area contributed by atoms with Gasteiger partial charge in [-0.2, -0.15) is 5.10 Å². The fraction of sp³-hybridized carbons (Fsp3) is 0.480. The van der Waals surface area contributed by atoms with Crippen LogP contribution in [0.5, 0.6) is 0 Å². The zero-order valence-electron chi connectivity index (χ0n) is 20.4. The SMILES string of the molecule is CCCSc1nc(N2CCOCC2)c2cnn(CCNC(=O)C3CC(=O)N(c4ccccc4)C3)c2n1. The van der Waals surface area contributed by atoms with Gasteiger partial charge in [-0.1, -0.05) is 36.9 Å². The van der Waals surface area contributed by atoms with Crippen molar-refractivity contribution in [1.82, 2.24) is 25.1 Å². The summed E-state index contributed by atoms with van der Waals surface area (Å²) in [5.41, 5.74) is 1.60. The molecule has 0 aliphatic carbocycles. The molecule has 1 aromatic carbocycles. The summed E-state index contributed by atoms with van der Waals surface area (Å²) in [6, 6.07) is 9.48. The van der Waals surface area contributed by atoms with E-state index in [2.05, 4.69) is 22.2 Å². The molecule has 11 heteroatoms. The molecule has 1 unspecified atom stereocenters. The van der Waals surface area contributed by atoms with Crippen LogP contribution in [0.1, 0.15) is 19.8 Å². The number of benzene rings is 1. The molecule has 0 radical (unpaired) electrons. The zero-order valence-corrected chi connectivity index (χ0v) is 21.2. The van der Waals surface area contributed by atoms with Crippen LogP contribution in [0.3, 0.4) is 0 Å². The van der Waals surface area contributed by atoms with Crippen molar-refractivity contribution in [3.05, 3.63) is 36.5 Å². The van der Waals surface area contributed by atoms with Gasteiger partial charge in [0.2, 0.25) is 11.8 Å². The molecule has 1 N–H and O–H groups in total. The number of ether oxygens (including phenoxy) is 1. The Hall–Kier alpha value is -3.18. The van der Waals surface area contributed by atoms with E-state index >= 15 is 0 Å². The molecule has 0 bridgehead atoms. The van der Waals surface area contributed by atoms with Gasteiger partial charge in [0.15, 0.2) is 10.8 Å². The summed E-state index contributed by atoms with van der Waals surface area (Å²) in [5.74, 6) is 1.34. The lowest BCUT2D eigenvalue weighted by Crippen LogP contribution is -2.37. The van der Waals surface area contributed by atoms with E-state index < -0.39 is 0 Å². The average Bonchev–Trinajstić information content (AvgIpc) is 3.51. The molecule has 3 aromatic rings. The quantitative estimate of drug-likeness (QED) is 0.346. The minimum Gasteiger partial charge on any atom is -0.378 e. The Morgan fingerprint density at radius 1 is 1.19 bits per heavy atom. The summed E-state index contributed by atoms with van der Waals surface area (Å²) >= 11 is 1.64. The van der Waals surface area contributed by atoms with E-state index in [-0.39, 0.29) is 24.2 Å². The van der Waals surface area contributed by atoms with Crippen molar-refractivity contribution < 1.29 is 14.3 Å². The Bertz CT molecular complexity index is 1210. The van der Waals surface area contributed by atoms with E-state index in [4.69, 9.17) is 14.7 Å². The molecule has 36 heavy (non-hydrogen) atoms. The number of aromatic nitrogens is 4. The van der Waals surface area contributed by atoms with Crippen molar-refractivity contribution in [3.8, 4) is 0 Å². The van der Waals surface area contributed by atoms with Gasteiger partial charge in [0, 0.05) is 44.0 Å². The second kappa shape index (κ2) is 11.3. The van der Waals surface area contributed by atoms with Gasteiger partial charge in [0.1, 0.15) is 5.82 Å². The van der Waals surface area contributed by atoms with Gasteiger partial charge in [-0.15, -0.1) is 0 Å². The number of carbonyl (C=O) groups is 2. The summed E-state index contributed by atoms with van der Waals surface area (Å²) in [6.07, 6.45) is 3.07. The third kappa shape index (κ3) is 5.31. The van der Waals surface area contributed by atoms with E-state index in [1.165, 1.54) is 0 Å². The summed E-state index contributed by atoms with van der Waals surface area (Å²) in [4.78, 5) is 38.8. The minimum atomic E-state index is -0.362. The maximum atomic E-state index is 12.8. The summed E-state index contributed by atoms with van der Waals surface area (Å²) in [7, 11) is 0. The maximum absolute atomic E-state index is 12.8. The molecule has 1 atom stereocenters. The molecular formula is C25H31N7O3S. The van der Waals surface area contributed by atoms with Crippen LogP contribution < -0.4 is 15.1 Å². The number of thioether (sulfide) groups is 1. The van der Waals surface area contributed by atoms with Crippen LogP contribution in [0.2, 0.25) is 0 Å². The average molecular weight is 510 g/mol. The van der Waals surface area contributed by atoms with Crippen molar-refractivity contribution >= 4 is 46.1 Å². The van der Waals surface area contributed by atoms with Crippen LogP contribution in [-0.2, 0) is 20.9 Å². The first kappa shape index (κ1) is 24.5. The maximum Gasteiger partial charge on any atom is 0.227 e. The molecule has 2 aromatic heterocycles. The van der Waals surface area contributed by atoms with E-state index in [1.54, 1.807) is 16.7 Å². The summed E-state index contributed by atoms with van der Waals surface area (Å²) in [5, 5.41) is 9.20. The topological polar surface area (TPSA) is 105 Å². The molecule has 190 valence electrons. The number of rotatable bonds is 9. The van der Waals surface area contributed by atoms with E-state index in [0.29, 0.717) is 32.8 Å². The van der Waals surface area contributed by atoms with E-state index in [1.807, 2.05) is 41.2 Å². The standard InChI is InChI=1S/C25H31N7O3S/c1-2-14-36-25-28-22(30-10-12-35-13-11-30)20-16-27-32(23(20)29-25)9-8-26-24(34)18-15-21(33)31(17-18)19-6-4-3-5-7-19/h3-7,16,18H,2,8-15,17H2,1H3,(H,26,34). The zero-order chi connectivity index (χ0) is 24.9. The minimum absolute atomic E-state index is 0.0242. The van der Waals surface area contributed by atoms with Gasteiger partial charge in [0.25, 0.3) is 0 Å². The van der Waals surface area contributed by atoms with Gasteiger partial charge in [-0.3, -0.25) is 9.59 Å². The first-order valence-electron chi connectivity index (χ1n) is 12.5. The number of para-hydroxylation sites is 1. The molecule has 2 fully saturated rings. The van der Waals surface area contributed by atoms with Gasteiger partial charge < -0.3 is 19.9 Å². The highest BCUT2D eigenvalue weighted by molar-refractivity contribution is 7.99. The number of nitrogens with one attached hydrogen (secondary N) is 1. The summed E-state index contributed by atoms with van der Waals surface area (Å²) in [6.45, 7) is 6.33. The van der Waals surface area contributed by atoms with Gasteiger partial charge in [-0.25, -0.2) is 14.6 Å². The summed E-state index contributed by atoms with van der Waals surface area (Å²) < 4.78 is 7.34. The first-order chi connectivity index (χ1) is 17.6. The van der Waals surface area contributed by atoms with Crippen molar-refractivity contribution in [3.63, 3.8) is 0 Å². The third-order valence-corrected chi connectivity index (χ3v) is 7.44. The van der Waals surface area contributed by atoms with Crippen molar-refractivity contribution in [2.24, 2.45) is 5.92 Å². The van der Waals surface area contributed by atoms with Crippen LogP contribution in [0.15, 0.2) is 41.7 Å². The Balaban J connectivity index is 1.25. The van der Waals surface area contributed by atoms with Crippen LogP contribution >= 0.6 is 11.8 Å². The number of hydrogen-bond acceptors (Lipinski definition) is 8. The molecule has 2 aliphatic rings. The Kier molecular flexibility index (Phi) is 7.66. The van der Waals surface area contributed by atoms with Crippen LogP contribution in [0.4, 0.5) is 11.5 Å². The predicted octanol–water partition coefficient (Wildman–Crippen LogP) is 2.33. The smallest absolute Gasteiger partial charge is 0.227 e. The molecule has 0 saturated carbocycles. The van der Waals surface area contributed by atoms with Gasteiger partial charge >= 0.3 is 0 Å². The highest BCUT2D eigenvalue weighted by atomic mass is 32.2. The Morgan fingerprint density at radius 3 is 2.78 bits per heavy atom. The molecule has 5 rings (SSSR count). The van der Waals surface area contributed by atoms with Crippen molar-refractivity contribution in [2.75, 3.05) is 54.9 Å². The van der Waals surface area contributed by atoms with Crippen LogP contribution in [0, 0.1) is 5.92 Å². The van der Waals surface area contributed by atoms with Crippen LogP contribution in [-0.4, -0.2) is 76.7 Å². The first-order valence-corrected chi connectivity index (χ1v) is 13.4. The van der Waals surface area contributed by atoms with E-state index in [9.17, 15) is 9.59 Å². The third-order valence-electron chi connectivity index (χ3n) is 6.39. The van der Waals surface area contributed by atoms with Crippen LogP contribution in [0.25, 0.3) is 11.0 Å². The Morgan fingerprint density at radius 2 is 2.00 bits per heavy atom. The highest BCUT2D eigenvalue weighted by Gasteiger charge is 2.34. The number of hydrogen-bond donors (Lipinski definition) is 1. The van der Waals surface area contributed by atoms with Gasteiger partial charge in [-0.05, 0) is 18.6 Å². The second-order valence-electron chi connectivity index (χ2n) is 8.91. The largest absolute Gasteiger partial charge is 0.378 e. The lowest BCUT2D eigenvalue weighted by atomic mass is 10.1. The molecule has 4 heterocycles. The molecule has 0 spiro atoms. The predicted molar refractivity (Wildman–Crippen MR) is 139 cm³/mol. The normalized spacial score (nSPS) is 18.2. The second-order valence-corrected chi connectivity index (χ2v) is 9.98. The Labute approximate surface area is 214 Å². The van der Waals surface area contributed by atoms with E-state index in [0.717, 1.165) is 53.0 Å². The number of carbonyl (C=O) groups excluding carboxylic acids is 2. The number of nitrogens with zero attached hydrogens (tertiary/aromatic N) is 6. The van der Waals surface area contributed by atoms with Gasteiger partial charge in [0.05, 0.1) is 37.3 Å². The number of fused-ring (bicyclic) bond motifs is 1. The fourth-order valence-electron chi connectivity index (χ4n) is 4.53. The molecule has 2 aliphatic heterocycles. The number of amides is 2. The number of morpholine rings is 1. The lowest BCUT2D eigenvalue weighted by molar-refractivity contribution is -0.126. The molecule has 2 saturated heterocycles.